The topological polar surface area (TPSA) is 43.8 Å². The van der Waals surface area contributed by atoms with Crippen LogP contribution in [0.25, 0.3) is 16.7 Å². The lowest BCUT2D eigenvalue weighted by Crippen LogP contribution is -2.03. The standard InChI is InChI=1S/C15H14FN3/c1-9-6-7-11(16)8-13(9)19-12-5-3-4-10(2)14(12)18-15(19)17/h3-8H,1-2H3,(H2,17,18). The summed E-state index contributed by atoms with van der Waals surface area (Å²) in [6.45, 7) is 3.91. The summed E-state index contributed by atoms with van der Waals surface area (Å²) in [4.78, 5) is 4.38. The zero-order valence-corrected chi connectivity index (χ0v) is 10.8. The lowest BCUT2D eigenvalue weighted by Gasteiger charge is -2.10. The number of para-hydroxylation sites is 1. The molecule has 0 radical (unpaired) electrons. The van der Waals surface area contributed by atoms with Gasteiger partial charge in [-0.05, 0) is 43.2 Å². The molecule has 1 heterocycles. The summed E-state index contributed by atoms with van der Waals surface area (Å²) in [6, 6.07) is 10.5. The molecule has 3 rings (SSSR count). The zero-order valence-electron chi connectivity index (χ0n) is 10.8. The van der Waals surface area contributed by atoms with Gasteiger partial charge in [0.2, 0.25) is 5.95 Å². The Morgan fingerprint density at radius 1 is 1.11 bits per heavy atom. The van der Waals surface area contributed by atoms with E-state index >= 15 is 0 Å². The first-order valence-electron chi connectivity index (χ1n) is 6.08. The maximum absolute atomic E-state index is 13.5. The van der Waals surface area contributed by atoms with Crippen molar-refractivity contribution in [3.05, 3.63) is 53.3 Å². The smallest absolute Gasteiger partial charge is 0.205 e. The van der Waals surface area contributed by atoms with Crippen LogP contribution in [0.5, 0.6) is 0 Å². The van der Waals surface area contributed by atoms with E-state index in [0.29, 0.717) is 5.95 Å². The summed E-state index contributed by atoms with van der Waals surface area (Å²) in [7, 11) is 0. The number of nitrogens with two attached hydrogens (primary N) is 1. The Labute approximate surface area is 110 Å². The summed E-state index contributed by atoms with van der Waals surface area (Å²) < 4.78 is 15.3. The average Bonchev–Trinajstić information content (AvgIpc) is 2.70. The van der Waals surface area contributed by atoms with Crippen molar-refractivity contribution in [1.29, 1.82) is 0 Å². The maximum atomic E-state index is 13.5. The van der Waals surface area contributed by atoms with E-state index in [0.717, 1.165) is 27.8 Å². The molecule has 0 saturated heterocycles. The fourth-order valence-electron chi connectivity index (χ4n) is 2.33. The maximum Gasteiger partial charge on any atom is 0.205 e. The van der Waals surface area contributed by atoms with Crippen LogP contribution in [0.1, 0.15) is 11.1 Å². The Bertz CT molecular complexity index is 774. The van der Waals surface area contributed by atoms with E-state index in [1.807, 2.05) is 32.0 Å². The number of rotatable bonds is 1. The van der Waals surface area contributed by atoms with Crippen molar-refractivity contribution in [2.45, 2.75) is 13.8 Å². The molecule has 0 aliphatic carbocycles. The van der Waals surface area contributed by atoms with E-state index in [-0.39, 0.29) is 5.82 Å². The van der Waals surface area contributed by atoms with Crippen LogP contribution in [-0.2, 0) is 0 Å². The first-order valence-corrected chi connectivity index (χ1v) is 6.08. The number of aromatic nitrogens is 2. The van der Waals surface area contributed by atoms with Crippen molar-refractivity contribution < 1.29 is 4.39 Å². The van der Waals surface area contributed by atoms with Gasteiger partial charge in [-0.1, -0.05) is 18.2 Å². The largest absolute Gasteiger partial charge is 0.369 e. The molecule has 0 bridgehead atoms. The number of hydrogen-bond donors (Lipinski definition) is 1. The third-order valence-electron chi connectivity index (χ3n) is 3.32. The number of halogens is 1. The van der Waals surface area contributed by atoms with Gasteiger partial charge in [-0.25, -0.2) is 9.37 Å². The first kappa shape index (κ1) is 11.7. The highest BCUT2D eigenvalue weighted by atomic mass is 19.1. The van der Waals surface area contributed by atoms with Crippen LogP contribution >= 0.6 is 0 Å². The van der Waals surface area contributed by atoms with Crippen LogP contribution in [0.2, 0.25) is 0 Å². The van der Waals surface area contributed by atoms with Gasteiger partial charge in [0, 0.05) is 0 Å². The highest BCUT2D eigenvalue weighted by molar-refractivity contribution is 5.83. The van der Waals surface area contributed by atoms with E-state index in [9.17, 15) is 4.39 Å². The van der Waals surface area contributed by atoms with Gasteiger partial charge in [0.1, 0.15) is 5.82 Å². The number of nitrogens with zero attached hydrogens (tertiary/aromatic N) is 2. The van der Waals surface area contributed by atoms with Gasteiger partial charge in [0.05, 0.1) is 16.7 Å². The fourth-order valence-corrected chi connectivity index (χ4v) is 2.33. The molecule has 0 aliphatic rings. The summed E-state index contributed by atoms with van der Waals surface area (Å²) in [5.41, 5.74) is 10.5. The fraction of sp³-hybridized carbons (Fsp3) is 0.133. The van der Waals surface area contributed by atoms with Crippen molar-refractivity contribution in [2.75, 3.05) is 5.73 Å². The quantitative estimate of drug-likeness (QED) is 0.724. The van der Waals surface area contributed by atoms with Crippen molar-refractivity contribution in [1.82, 2.24) is 9.55 Å². The second kappa shape index (κ2) is 4.09. The molecule has 1 aromatic heterocycles. The number of nitrogen functional groups attached to an aromatic ring is 1. The van der Waals surface area contributed by atoms with Gasteiger partial charge in [-0.2, -0.15) is 0 Å². The van der Waals surface area contributed by atoms with Crippen molar-refractivity contribution in [3.8, 4) is 5.69 Å². The summed E-state index contributed by atoms with van der Waals surface area (Å²) in [5, 5.41) is 0. The minimum atomic E-state index is -0.283. The van der Waals surface area contributed by atoms with Crippen LogP contribution in [0.4, 0.5) is 10.3 Å². The average molecular weight is 255 g/mol. The molecule has 2 N–H and O–H groups in total. The van der Waals surface area contributed by atoms with Gasteiger partial charge in [-0.3, -0.25) is 4.57 Å². The molecule has 0 atom stereocenters. The second-order valence-corrected chi connectivity index (χ2v) is 4.68. The normalized spacial score (nSPS) is 11.1. The Morgan fingerprint density at radius 3 is 2.68 bits per heavy atom. The lowest BCUT2D eigenvalue weighted by atomic mass is 10.1. The number of benzene rings is 2. The number of hydrogen-bond acceptors (Lipinski definition) is 2. The molecule has 0 aliphatic heterocycles. The second-order valence-electron chi connectivity index (χ2n) is 4.68. The third kappa shape index (κ3) is 1.76. The predicted octanol–water partition coefficient (Wildman–Crippen LogP) is 3.36. The van der Waals surface area contributed by atoms with Crippen LogP contribution in [-0.4, -0.2) is 9.55 Å². The Kier molecular flexibility index (Phi) is 2.52. The van der Waals surface area contributed by atoms with Crippen LogP contribution in [0.15, 0.2) is 36.4 Å². The Morgan fingerprint density at radius 2 is 1.89 bits per heavy atom. The summed E-state index contributed by atoms with van der Waals surface area (Å²) >= 11 is 0. The number of anilines is 1. The molecular formula is C15H14FN3. The van der Waals surface area contributed by atoms with Gasteiger partial charge >= 0.3 is 0 Å². The molecule has 4 heteroatoms. The molecular weight excluding hydrogens is 241 g/mol. The van der Waals surface area contributed by atoms with Gasteiger partial charge < -0.3 is 5.73 Å². The molecule has 0 amide bonds. The molecule has 3 aromatic rings. The predicted molar refractivity (Wildman–Crippen MR) is 74.9 cm³/mol. The van der Waals surface area contributed by atoms with E-state index in [2.05, 4.69) is 4.98 Å². The zero-order chi connectivity index (χ0) is 13.6. The monoisotopic (exact) mass is 255 g/mol. The molecule has 2 aromatic carbocycles. The highest BCUT2D eigenvalue weighted by Crippen LogP contribution is 2.27. The number of aryl methyl sites for hydroxylation is 2. The van der Waals surface area contributed by atoms with Crippen molar-refractivity contribution >= 4 is 17.0 Å². The van der Waals surface area contributed by atoms with Crippen LogP contribution < -0.4 is 5.73 Å². The molecule has 0 unspecified atom stereocenters. The van der Waals surface area contributed by atoms with Crippen molar-refractivity contribution in [2.24, 2.45) is 0 Å². The number of imidazole rings is 1. The van der Waals surface area contributed by atoms with Gasteiger partial charge in [0.15, 0.2) is 0 Å². The van der Waals surface area contributed by atoms with E-state index in [1.165, 1.54) is 12.1 Å². The van der Waals surface area contributed by atoms with Crippen molar-refractivity contribution in [3.63, 3.8) is 0 Å². The van der Waals surface area contributed by atoms with Crippen LogP contribution in [0.3, 0.4) is 0 Å². The molecule has 96 valence electrons. The Balaban J connectivity index is 2.39. The molecule has 0 spiro atoms. The minimum absolute atomic E-state index is 0.283. The van der Waals surface area contributed by atoms with E-state index in [4.69, 9.17) is 5.73 Å². The Hall–Kier alpha value is -2.36. The molecule has 19 heavy (non-hydrogen) atoms. The van der Waals surface area contributed by atoms with Crippen LogP contribution in [0, 0.1) is 19.7 Å². The molecule has 0 fully saturated rings. The van der Waals surface area contributed by atoms with E-state index in [1.54, 1.807) is 10.6 Å². The SMILES string of the molecule is Cc1ccc(F)cc1-n1c(N)nc2c(C)cccc21. The van der Waals surface area contributed by atoms with E-state index < -0.39 is 0 Å². The highest BCUT2D eigenvalue weighted by Gasteiger charge is 2.13. The summed E-state index contributed by atoms with van der Waals surface area (Å²) in [6.07, 6.45) is 0. The third-order valence-corrected chi connectivity index (χ3v) is 3.32. The lowest BCUT2D eigenvalue weighted by molar-refractivity contribution is 0.626. The van der Waals surface area contributed by atoms with Gasteiger partial charge in [0.25, 0.3) is 0 Å². The minimum Gasteiger partial charge on any atom is -0.369 e. The summed E-state index contributed by atoms with van der Waals surface area (Å²) in [5.74, 6) is 0.0903. The molecule has 0 saturated carbocycles. The van der Waals surface area contributed by atoms with Gasteiger partial charge in [-0.15, -0.1) is 0 Å². The number of fused-ring (bicyclic) bond motifs is 1. The molecule has 3 nitrogen and oxygen atoms in total. The first-order chi connectivity index (χ1) is 9.08.